The molecule has 122 valence electrons. The SMILES string of the molecule is O=C(Cc1ccn[nH]1)Nc1ccc(OC2CCCCC2O)cc1. The van der Waals surface area contributed by atoms with Gasteiger partial charge in [0, 0.05) is 17.6 Å². The second-order valence-corrected chi connectivity index (χ2v) is 5.84. The molecule has 23 heavy (non-hydrogen) atoms. The molecule has 2 unspecified atom stereocenters. The van der Waals surface area contributed by atoms with Gasteiger partial charge in [-0.3, -0.25) is 9.89 Å². The van der Waals surface area contributed by atoms with Crippen molar-refractivity contribution < 1.29 is 14.6 Å². The maximum Gasteiger partial charge on any atom is 0.230 e. The Morgan fingerprint density at radius 3 is 2.74 bits per heavy atom. The molecule has 3 rings (SSSR count). The van der Waals surface area contributed by atoms with E-state index < -0.39 is 6.10 Å². The Balaban J connectivity index is 1.53. The smallest absolute Gasteiger partial charge is 0.230 e. The topological polar surface area (TPSA) is 87.2 Å². The maximum atomic E-state index is 11.9. The number of nitrogens with one attached hydrogen (secondary N) is 2. The van der Waals surface area contributed by atoms with Crippen molar-refractivity contribution >= 4 is 11.6 Å². The van der Waals surface area contributed by atoms with E-state index in [0.29, 0.717) is 11.4 Å². The predicted octanol–water partition coefficient (Wildman–Crippen LogP) is 2.27. The molecule has 0 spiro atoms. The van der Waals surface area contributed by atoms with Crippen LogP contribution in [0.1, 0.15) is 31.4 Å². The summed E-state index contributed by atoms with van der Waals surface area (Å²) in [5.41, 5.74) is 1.49. The van der Waals surface area contributed by atoms with Crippen LogP contribution >= 0.6 is 0 Å². The first-order chi connectivity index (χ1) is 11.2. The van der Waals surface area contributed by atoms with Crippen LogP contribution in [0.2, 0.25) is 0 Å². The summed E-state index contributed by atoms with van der Waals surface area (Å²) >= 11 is 0. The fraction of sp³-hybridized carbons (Fsp3) is 0.412. The summed E-state index contributed by atoms with van der Waals surface area (Å²) in [6.45, 7) is 0. The van der Waals surface area contributed by atoms with Gasteiger partial charge >= 0.3 is 0 Å². The second kappa shape index (κ2) is 7.28. The largest absolute Gasteiger partial charge is 0.488 e. The van der Waals surface area contributed by atoms with E-state index in [1.807, 2.05) is 12.1 Å². The summed E-state index contributed by atoms with van der Waals surface area (Å²) in [6, 6.07) is 9.00. The third kappa shape index (κ3) is 4.32. The van der Waals surface area contributed by atoms with Crippen molar-refractivity contribution in [1.29, 1.82) is 0 Å². The number of aromatic amines is 1. The van der Waals surface area contributed by atoms with Crippen LogP contribution in [-0.2, 0) is 11.2 Å². The number of carbonyl (C=O) groups is 1. The van der Waals surface area contributed by atoms with Gasteiger partial charge in [-0.1, -0.05) is 6.42 Å². The first-order valence-electron chi connectivity index (χ1n) is 7.93. The minimum Gasteiger partial charge on any atom is -0.488 e. The van der Waals surface area contributed by atoms with Crippen LogP contribution in [0.3, 0.4) is 0 Å². The van der Waals surface area contributed by atoms with Gasteiger partial charge in [-0.2, -0.15) is 5.10 Å². The van der Waals surface area contributed by atoms with Crippen LogP contribution in [0.25, 0.3) is 0 Å². The quantitative estimate of drug-likeness (QED) is 0.790. The van der Waals surface area contributed by atoms with Crippen molar-refractivity contribution in [1.82, 2.24) is 10.2 Å². The van der Waals surface area contributed by atoms with Gasteiger partial charge in [0.05, 0.1) is 12.5 Å². The van der Waals surface area contributed by atoms with E-state index in [1.54, 1.807) is 24.4 Å². The van der Waals surface area contributed by atoms with Crippen molar-refractivity contribution in [3.8, 4) is 5.75 Å². The number of amides is 1. The third-order valence-corrected chi connectivity index (χ3v) is 4.00. The van der Waals surface area contributed by atoms with Gasteiger partial charge in [0.25, 0.3) is 0 Å². The predicted molar refractivity (Wildman–Crippen MR) is 86.3 cm³/mol. The number of carbonyl (C=O) groups excluding carboxylic acids is 1. The minimum absolute atomic E-state index is 0.106. The lowest BCUT2D eigenvalue weighted by Crippen LogP contribution is -2.34. The average molecular weight is 315 g/mol. The molecule has 1 aromatic carbocycles. The average Bonchev–Trinajstić information content (AvgIpc) is 3.04. The number of ether oxygens (including phenoxy) is 1. The molecular formula is C17H21N3O3. The fourth-order valence-corrected chi connectivity index (χ4v) is 2.77. The van der Waals surface area contributed by atoms with Crippen molar-refractivity contribution in [3.05, 3.63) is 42.2 Å². The maximum absolute atomic E-state index is 11.9. The Morgan fingerprint density at radius 1 is 1.26 bits per heavy atom. The van der Waals surface area contributed by atoms with Gasteiger partial charge in [0.1, 0.15) is 11.9 Å². The normalized spacial score (nSPS) is 20.9. The molecule has 2 aromatic rings. The van der Waals surface area contributed by atoms with E-state index in [9.17, 15) is 9.90 Å². The van der Waals surface area contributed by atoms with Gasteiger partial charge in [0.2, 0.25) is 5.91 Å². The van der Waals surface area contributed by atoms with E-state index in [4.69, 9.17) is 4.74 Å². The van der Waals surface area contributed by atoms with Gasteiger partial charge in [-0.15, -0.1) is 0 Å². The number of aliphatic hydroxyl groups excluding tert-OH is 1. The van der Waals surface area contributed by atoms with E-state index >= 15 is 0 Å². The number of benzene rings is 1. The molecule has 6 heteroatoms. The molecule has 1 amide bonds. The van der Waals surface area contributed by atoms with Crippen molar-refractivity contribution in [2.24, 2.45) is 0 Å². The molecule has 1 aliphatic carbocycles. The molecule has 0 bridgehead atoms. The molecule has 0 aliphatic heterocycles. The molecular weight excluding hydrogens is 294 g/mol. The monoisotopic (exact) mass is 315 g/mol. The Bertz CT molecular complexity index is 625. The summed E-state index contributed by atoms with van der Waals surface area (Å²) in [6.07, 6.45) is 5.17. The first-order valence-corrected chi connectivity index (χ1v) is 7.93. The van der Waals surface area contributed by atoms with Crippen LogP contribution in [0.15, 0.2) is 36.5 Å². The molecule has 1 aliphatic rings. The van der Waals surface area contributed by atoms with Crippen LogP contribution in [0.5, 0.6) is 5.75 Å². The number of hydrogen-bond acceptors (Lipinski definition) is 4. The van der Waals surface area contributed by atoms with Gasteiger partial charge in [0.15, 0.2) is 0 Å². The summed E-state index contributed by atoms with van der Waals surface area (Å²) in [5.74, 6) is 0.605. The summed E-state index contributed by atoms with van der Waals surface area (Å²) in [5, 5.41) is 19.3. The van der Waals surface area contributed by atoms with Crippen LogP contribution in [-0.4, -0.2) is 33.4 Å². The summed E-state index contributed by atoms with van der Waals surface area (Å²) in [7, 11) is 0. The van der Waals surface area contributed by atoms with E-state index in [-0.39, 0.29) is 18.4 Å². The summed E-state index contributed by atoms with van der Waals surface area (Å²) < 4.78 is 5.84. The zero-order chi connectivity index (χ0) is 16.1. The molecule has 0 saturated heterocycles. The number of hydrogen-bond donors (Lipinski definition) is 3. The number of aromatic nitrogens is 2. The number of nitrogens with zero attached hydrogens (tertiary/aromatic N) is 1. The first kappa shape index (κ1) is 15.6. The molecule has 1 fully saturated rings. The second-order valence-electron chi connectivity index (χ2n) is 5.84. The highest BCUT2D eigenvalue weighted by molar-refractivity contribution is 5.92. The number of aliphatic hydroxyl groups is 1. The zero-order valence-corrected chi connectivity index (χ0v) is 12.9. The van der Waals surface area contributed by atoms with Gasteiger partial charge < -0.3 is 15.2 Å². The number of H-pyrrole nitrogens is 1. The summed E-state index contributed by atoms with van der Waals surface area (Å²) in [4.78, 5) is 11.9. The van der Waals surface area contributed by atoms with E-state index in [0.717, 1.165) is 31.4 Å². The molecule has 1 aromatic heterocycles. The molecule has 2 atom stereocenters. The molecule has 6 nitrogen and oxygen atoms in total. The van der Waals surface area contributed by atoms with Crippen LogP contribution < -0.4 is 10.1 Å². The lowest BCUT2D eigenvalue weighted by atomic mass is 9.95. The number of rotatable bonds is 5. The van der Waals surface area contributed by atoms with Crippen molar-refractivity contribution in [3.63, 3.8) is 0 Å². The van der Waals surface area contributed by atoms with E-state index in [2.05, 4.69) is 15.5 Å². The van der Waals surface area contributed by atoms with Crippen molar-refractivity contribution in [2.45, 2.75) is 44.3 Å². The molecule has 1 saturated carbocycles. The lowest BCUT2D eigenvalue weighted by molar-refractivity contribution is -0.115. The Morgan fingerprint density at radius 2 is 2.04 bits per heavy atom. The zero-order valence-electron chi connectivity index (χ0n) is 12.9. The Labute approximate surface area is 134 Å². The van der Waals surface area contributed by atoms with Crippen LogP contribution in [0, 0.1) is 0 Å². The number of anilines is 1. The highest BCUT2D eigenvalue weighted by Gasteiger charge is 2.24. The van der Waals surface area contributed by atoms with E-state index in [1.165, 1.54) is 0 Å². The lowest BCUT2D eigenvalue weighted by Gasteiger charge is -2.28. The Kier molecular flexibility index (Phi) is 4.92. The van der Waals surface area contributed by atoms with Gasteiger partial charge in [-0.25, -0.2) is 0 Å². The van der Waals surface area contributed by atoms with Crippen molar-refractivity contribution in [2.75, 3.05) is 5.32 Å². The molecule has 0 radical (unpaired) electrons. The standard InChI is InChI=1S/C17H21N3O3/c21-15-3-1-2-4-16(15)23-14-7-5-12(6-8-14)19-17(22)11-13-9-10-18-20-13/h5-10,15-16,21H,1-4,11H2,(H,18,20)(H,19,22). The molecule has 1 heterocycles. The highest BCUT2D eigenvalue weighted by atomic mass is 16.5. The third-order valence-electron chi connectivity index (χ3n) is 4.00. The highest BCUT2D eigenvalue weighted by Crippen LogP contribution is 2.24. The fourth-order valence-electron chi connectivity index (χ4n) is 2.77. The van der Waals surface area contributed by atoms with Crippen LogP contribution in [0.4, 0.5) is 5.69 Å². The van der Waals surface area contributed by atoms with Gasteiger partial charge in [-0.05, 0) is 49.6 Å². The minimum atomic E-state index is -0.391. The molecule has 3 N–H and O–H groups in total. The Hall–Kier alpha value is -2.34.